The molecule has 0 bridgehead atoms. The van der Waals surface area contributed by atoms with Gasteiger partial charge in [-0.1, -0.05) is 12.1 Å². The average Bonchev–Trinajstić information content (AvgIpc) is 3.18. The molecule has 170 valence electrons. The van der Waals surface area contributed by atoms with Crippen LogP contribution in [0.4, 0.5) is 5.69 Å². The molecule has 1 fully saturated rings. The number of hydrogen-bond donors (Lipinski definition) is 2. The summed E-state index contributed by atoms with van der Waals surface area (Å²) < 4.78 is 10.6. The zero-order valence-corrected chi connectivity index (χ0v) is 18.9. The van der Waals surface area contributed by atoms with E-state index in [4.69, 9.17) is 9.47 Å². The largest absolute Gasteiger partial charge is 0.493 e. The number of anilines is 1. The lowest BCUT2D eigenvalue weighted by atomic mass is 10.1. The number of methoxy groups -OCH3 is 2. The Hall–Kier alpha value is -3.55. The number of nitrogens with one attached hydrogen (secondary N) is 2. The van der Waals surface area contributed by atoms with Crippen LogP contribution in [0, 0.1) is 12.8 Å². The van der Waals surface area contributed by atoms with Crippen LogP contribution in [0.15, 0.2) is 36.4 Å². The topological polar surface area (TPSA) is 97.0 Å². The summed E-state index contributed by atoms with van der Waals surface area (Å²) in [5.74, 6) is 0.379. The second kappa shape index (κ2) is 10.2. The Morgan fingerprint density at radius 3 is 2.53 bits per heavy atom. The molecule has 32 heavy (non-hydrogen) atoms. The lowest BCUT2D eigenvalue weighted by molar-refractivity contribution is -0.128. The van der Waals surface area contributed by atoms with E-state index in [1.165, 1.54) is 0 Å². The molecule has 0 aromatic heterocycles. The first-order valence-corrected chi connectivity index (χ1v) is 10.5. The van der Waals surface area contributed by atoms with Crippen molar-refractivity contribution in [2.45, 2.75) is 19.8 Å². The molecular weight excluding hydrogens is 410 g/mol. The van der Waals surface area contributed by atoms with Crippen molar-refractivity contribution in [1.29, 1.82) is 0 Å². The Morgan fingerprint density at radius 2 is 1.84 bits per heavy atom. The van der Waals surface area contributed by atoms with Gasteiger partial charge in [-0.2, -0.15) is 0 Å². The third-order valence-electron chi connectivity index (χ3n) is 5.69. The molecule has 3 amide bonds. The molecular formula is C24H29N3O5. The van der Waals surface area contributed by atoms with E-state index in [-0.39, 0.29) is 24.1 Å². The molecule has 0 saturated carbocycles. The number of ether oxygens (including phenoxy) is 2. The molecule has 8 heteroatoms. The zero-order chi connectivity index (χ0) is 23.3. The molecule has 1 saturated heterocycles. The first-order valence-electron chi connectivity index (χ1n) is 10.5. The van der Waals surface area contributed by atoms with Crippen LogP contribution in [-0.2, 0) is 16.0 Å². The molecule has 0 spiro atoms. The SMILES string of the molecule is CNC(=O)c1ccc(C)c(NC(=O)C2CC(=O)N(CCc3ccc(OC)c(OC)c3)C2)c1. The van der Waals surface area contributed by atoms with Crippen LogP contribution in [-0.4, -0.2) is 57.0 Å². The van der Waals surface area contributed by atoms with Gasteiger partial charge in [0.15, 0.2) is 11.5 Å². The van der Waals surface area contributed by atoms with E-state index in [9.17, 15) is 14.4 Å². The Kier molecular flexibility index (Phi) is 7.35. The molecule has 1 aliphatic heterocycles. The van der Waals surface area contributed by atoms with Gasteiger partial charge in [0.25, 0.3) is 5.91 Å². The monoisotopic (exact) mass is 439 g/mol. The Balaban J connectivity index is 1.61. The number of benzene rings is 2. The first-order chi connectivity index (χ1) is 15.4. The highest BCUT2D eigenvalue weighted by atomic mass is 16.5. The van der Waals surface area contributed by atoms with Crippen LogP contribution >= 0.6 is 0 Å². The maximum absolute atomic E-state index is 12.8. The quantitative estimate of drug-likeness (QED) is 0.658. The minimum Gasteiger partial charge on any atom is -0.493 e. The Labute approximate surface area is 187 Å². The number of rotatable bonds is 8. The molecule has 1 unspecified atom stereocenters. The number of hydrogen-bond acceptors (Lipinski definition) is 5. The average molecular weight is 440 g/mol. The Bertz CT molecular complexity index is 1020. The van der Waals surface area contributed by atoms with E-state index in [0.29, 0.717) is 42.3 Å². The highest BCUT2D eigenvalue weighted by molar-refractivity contribution is 6.00. The number of amides is 3. The van der Waals surface area contributed by atoms with Gasteiger partial charge in [0.1, 0.15) is 0 Å². The minimum absolute atomic E-state index is 0.0403. The van der Waals surface area contributed by atoms with Gasteiger partial charge >= 0.3 is 0 Å². The van der Waals surface area contributed by atoms with Gasteiger partial charge in [0.05, 0.1) is 20.1 Å². The predicted molar refractivity (Wildman–Crippen MR) is 121 cm³/mol. The molecule has 2 N–H and O–H groups in total. The third-order valence-corrected chi connectivity index (χ3v) is 5.69. The van der Waals surface area contributed by atoms with Crippen LogP contribution < -0.4 is 20.1 Å². The molecule has 2 aromatic carbocycles. The van der Waals surface area contributed by atoms with E-state index in [0.717, 1.165) is 11.1 Å². The smallest absolute Gasteiger partial charge is 0.251 e. The molecule has 1 atom stereocenters. The standard InChI is InChI=1S/C24H29N3O5/c1-15-5-7-17(23(29)25-2)12-19(15)26-24(30)18-13-22(28)27(14-18)10-9-16-6-8-20(31-3)21(11-16)32-4/h5-8,11-12,18H,9-10,13-14H2,1-4H3,(H,25,29)(H,26,30). The number of likely N-dealkylation sites (tertiary alicyclic amines) is 1. The van der Waals surface area contributed by atoms with Crippen LogP contribution in [0.25, 0.3) is 0 Å². The van der Waals surface area contributed by atoms with Crippen LogP contribution in [0.5, 0.6) is 11.5 Å². The van der Waals surface area contributed by atoms with Crippen molar-refractivity contribution in [3.63, 3.8) is 0 Å². The lowest BCUT2D eigenvalue weighted by Gasteiger charge is -2.17. The van der Waals surface area contributed by atoms with Crippen molar-refractivity contribution in [2.75, 3.05) is 39.7 Å². The summed E-state index contributed by atoms with van der Waals surface area (Å²) in [5, 5.41) is 5.46. The molecule has 0 radical (unpaired) electrons. The number of aryl methyl sites for hydroxylation is 1. The normalized spacial score (nSPS) is 15.4. The van der Waals surface area contributed by atoms with Crippen molar-refractivity contribution in [2.24, 2.45) is 5.92 Å². The van der Waals surface area contributed by atoms with Crippen molar-refractivity contribution < 1.29 is 23.9 Å². The molecule has 0 aliphatic carbocycles. The lowest BCUT2D eigenvalue weighted by Crippen LogP contribution is -2.30. The number of nitrogens with zero attached hydrogens (tertiary/aromatic N) is 1. The van der Waals surface area contributed by atoms with E-state index < -0.39 is 5.92 Å². The molecule has 8 nitrogen and oxygen atoms in total. The van der Waals surface area contributed by atoms with Crippen molar-refractivity contribution >= 4 is 23.4 Å². The van der Waals surface area contributed by atoms with Crippen LogP contribution in [0.3, 0.4) is 0 Å². The summed E-state index contributed by atoms with van der Waals surface area (Å²) in [6.45, 7) is 2.74. The van der Waals surface area contributed by atoms with Gasteiger partial charge in [-0.15, -0.1) is 0 Å². The summed E-state index contributed by atoms with van der Waals surface area (Å²) >= 11 is 0. The van der Waals surface area contributed by atoms with E-state index in [1.807, 2.05) is 25.1 Å². The van der Waals surface area contributed by atoms with E-state index >= 15 is 0 Å². The van der Waals surface area contributed by atoms with Crippen LogP contribution in [0.1, 0.15) is 27.9 Å². The summed E-state index contributed by atoms with van der Waals surface area (Å²) in [5.41, 5.74) is 2.91. The Morgan fingerprint density at radius 1 is 1.09 bits per heavy atom. The molecule has 3 rings (SSSR count). The molecule has 1 aliphatic rings. The number of carbonyl (C=O) groups is 3. The predicted octanol–water partition coefficient (Wildman–Crippen LogP) is 2.40. The summed E-state index contributed by atoms with van der Waals surface area (Å²) in [6, 6.07) is 10.8. The molecule has 2 aromatic rings. The van der Waals surface area contributed by atoms with Gasteiger partial charge in [-0.25, -0.2) is 0 Å². The summed E-state index contributed by atoms with van der Waals surface area (Å²) in [7, 11) is 4.73. The third kappa shape index (κ3) is 5.19. The second-order valence-corrected chi connectivity index (χ2v) is 7.78. The van der Waals surface area contributed by atoms with Gasteiger partial charge in [0, 0.05) is 37.8 Å². The zero-order valence-electron chi connectivity index (χ0n) is 18.9. The second-order valence-electron chi connectivity index (χ2n) is 7.78. The number of carbonyl (C=O) groups excluding carboxylic acids is 3. The molecule has 1 heterocycles. The minimum atomic E-state index is -0.434. The fourth-order valence-electron chi connectivity index (χ4n) is 3.74. The highest BCUT2D eigenvalue weighted by Gasteiger charge is 2.34. The first kappa shape index (κ1) is 23.1. The fourth-order valence-corrected chi connectivity index (χ4v) is 3.74. The van der Waals surface area contributed by atoms with E-state index in [2.05, 4.69) is 10.6 Å². The van der Waals surface area contributed by atoms with Crippen molar-refractivity contribution in [1.82, 2.24) is 10.2 Å². The van der Waals surface area contributed by atoms with Gasteiger partial charge in [-0.05, 0) is 48.7 Å². The van der Waals surface area contributed by atoms with Gasteiger partial charge in [0.2, 0.25) is 11.8 Å². The summed E-state index contributed by atoms with van der Waals surface area (Å²) in [4.78, 5) is 38.9. The maximum atomic E-state index is 12.8. The van der Waals surface area contributed by atoms with Gasteiger partial charge < -0.3 is 25.0 Å². The summed E-state index contributed by atoms with van der Waals surface area (Å²) in [6.07, 6.45) is 0.819. The fraction of sp³-hybridized carbons (Fsp3) is 0.375. The highest BCUT2D eigenvalue weighted by Crippen LogP contribution is 2.28. The van der Waals surface area contributed by atoms with E-state index in [1.54, 1.807) is 44.4 Å². The van der Waals surface area contributed by atoms with Crippen molar-refractivity contribution in [3.05, 3.63) is 53.1 Å². The van der Waals surface area contributed by atoms with Crippen molar-refractivity contribution in [3.8, 4) is 11.5 Å². The van der Waals surface area contributed by atoms with Gasteiger partial charge in [-0.3, -0.25) is 14.4 Å². The van der Waals surface area contributed by atoms with Crippen LogP contribution in [0.2, 0.25) is 0 Å². The maximum Gasteiger partial charge on any atom is 0.251 e.